The van der Waals surface area contributed by atoms with Gasteiger partial charge in [-0.1, -0.05) is 0 Å². The molecule has 0 saturated heterocycles. The Balaban J connectivity index is 2.41. The maximum atomic E-state index is 13.6. The smallest absolute Gasteiger partial charge is 0.353 e. The third-order valence-corrected chi connectivity index (χ3v) is 2.71. The normalized spacial score (nSPS) is 10.4. The Kier molecular flexibility index (Phi) is 3.57. The number of aromatic carboxylic acids is 1. The van der Waals surface area contributed by atoms with Gasteiger partial charge in [-0.15, -0.1) is 0 Å². The molecule has 1 N–H and O–H groups in total. The first-order valence-corrected chi connectivity index (χ1v) is 5.70. The van der Waals surface area contributed by atoms with Crippen LogP contribution in [0.1, 0.15) is 16.1 Å². The number of carboxylic acids is 1. The molecule has 0 fully saturated rings. The van der Waals surface area contributed by atoms with Gasteiger partial charge in [0.2, 0.25) is 0 Å². The Morgan fingerprint density at radius 3 is 2.71 bits per heavy atom. The number of nitrogens with zero attached hydrogens (tertiary/aromatic N) is 3. The molecule has 110 valence electrons. The standard InChI is InChI=1S/C12H10FN3O5/c1-6-10(16(19)20)11(15(2)14-6)21-7-3-4-8(12(17)18)9(13)5-7/h3-5H,1-2H3,(H,17,18). The minimum Gasteiger partial charge on any atom is -0.478 e. The molecule has 0 saturated carbocycles. The topological polar surface area (TPSA) is 107 Å². The average Bonchev–Trinajstić information content (AvgIpc) is 2.63. The highest BCUT2D eigenvalue weighted by molar-refractivity contribution is 5.88. The number of hydrogen-bond acceptors (Lipinski definition) is 5. The number of hydrogen-bond donors (Lipinski definition) is 1. The van der Waals surface area contributed by atoms with Crippen LogP contribution in [-0.4, -0.2) is 25.8 Å². The van der Waals surface area contributed by atoms with Crippen LogP contribution in [0.15, 0.2) is 18.2 Å². The zero-order chi connectivity index (χ0) is 15.7. The van der Waals surface area contributed by atoms with Crippen LogP contribution in [0.4, 0.5) is 10.1 Å². The molecule has 2 rings (SSSR count). The summed E-state index contributed by atoms with van der Waals surface area (Å²) in [6, 6.07) is 3.07. The molecule has 0 radical (unpaired) electrons. The molecule has 0 bridgehead atoms. The summed E-state index contributed by atoms with van der Waals surface area (Å²) in [5.74, 6) is -2.65. The van der Waals surface area contributed by atoms with E-state index >= 15 is 0 Å². The second-order valence-electron chi connectivity index (χ2n) is 4.17. The van der Waals surface area contributed by atoms with Crippen molar-refractivity contribution < 1.29 is 24.0 Å². The van der Waals surface area contributed by atoms with Crippen molar-refractivity contribution in [2.75, 3.05) is 0 Å². The molecule has 0 spiro atoms. The largest absolute Gasteiger partial charge is 0.478 e. The van der Waals surface area contributed by atoms with Gasteiger partial charge in [-0.2, -0.15) is 5.10 Å². The minimum absolute atomic E-state index is 0.0661. The Hall–Kier alpha value is -2.97. The number of benzene rings is 1. The minimum atomic E-state index is -1.42. The highest BCUT2D eigenvalue weighted by Crippen LogP contribution is 2.33. The van der Waals surface area contributed by atoms with E-state index < -0.39 is 22.3 Å². The van der Waals surface area contributed by atoms with Crippen molar-refractivity contribution in [3.05, 3.63) is 45.4 Å². The van der Waals surface area contributed by atoms with Crippen molar-refractivity contribution in [1.29, 1.82) is 0 Å². The molecule has 21 heavy (non-hydrogen) atoms. The first-order valence-electron chi connectivity index (χ1n) is 5.70. The molecule has 0 amide bonds. The zero-order valence-electron chi connectivity index (χ0n) is 11.0. The van der Waals surface area contributed by atoms with Gasteiger partial charge in [0, 0.05) is 13.1 Å². The van der Waals surface area contributed by atoms with E-state index in [-0.39, 0.29) is 23.0 Å². The fourth-order valence-corrected chi connectivity index (χ4v) is 1.79. The van der Waals surface area contributed by atoms with Gasteiger partial charge in [0.15, 0.2) is 0 Å². The number of ether oxygens (including phenoxy) is 1. The van der Waals surface area contributed by atoms with Crippen LogP contribution in [0.3, 0.4) is 0 Å². The number of rotatable bonds is 4. The van der Waals surface area contributed by atoms with Crippen molar-refractivity contribution in [2.24, 2.45) is 7.05 Å². The van der Waals surface area contributed by atoms with Gasteiger partial charge in [0.25, 0.3) is 5.88 Å². The summed E-state index contributed by atoms with van der Waals surface area (Å²) in [5, 5.41) is 23.6. The van der Waals surface area contributed by atoms with Crippen molar-refractivity contribution >= 4 is 11.7 Å². The van der Waals surface area contributed by atoms with Crippen LogP contribution < -0.4 is 4.74 Å². The fraction of sp³-hybridized carbons (Fsp3) is 0.167. The first kappa shape index (κ1) is 14.4. The van der Waals surface area contributed by atoms with Crippen molar-refractivity contribution in [3.63, 3.8) is 0 Å². The van der Waals surface area contributed by atoms with Crippen LogP contribution >= 0.6 is 0 Å². The summed E-state index contributed by atoms with van der Waals surface area (Å²) in [6.45, 7) is 1.44. The molecular formula is C12H10FN3O5. The zero-order valence-corrected chi connectivity index (χ0v) is 11.0. The highest BCUT2D eigenvalue weighted by Gasteiger charge is 2.26. The van der Waals surface area contributed by atoms with Gasteiger partial charge in [0.1, 0.15) is 17.3 Å². The van der Waals surface area contributed by atoms with Crippen molar-refractivity contribution in [3.8, 4) is 11.6 Å². The Labute approximate surface area is 117 Å². The lowest BCUT2D eigenvalue weighted by Gasteiger charge is -2.06. The number of halogens is 1. The fourth-order valence-electron chi connectivity index (χ4n) is 1.79. The van der Waals surface area contributed by atoms with Crippen molar-refractivity contribution in [1.82, 2.24) is 9.78 Å². The van der Waals surface area contributed by atoms with Crippen LogP contribution in [-0.2, 0) is 7.05 Å². The van der Waals surface area contributed by atoms with E-state index in [0.29, 0.717) is 0 Å². The molecule has 8 nitrogen and oxygen atoms in total. The Morgan fingerprint density at radius 1 is 1.52 bits per heavy atom. The average molecular weight is 295 g/mol. The first-order chi connectivity index (χ1) is 9.81. The summed E-state index contributed by atoms with van der Waals surface area (Å²) in [4.78, 5) is 21.0. The summed E-state index contributed by atoms with van der Waals surface area (Å²) in [7, 11) is 1.44. The second kappa shape index (κ2) is 5.19. The molecule has 1 aromatic carbocycles. The molecule has 0 atom stereocenters. The number of aromatic nitrogens is 2. The SMILES string of the molecule is Cc1nn(C)c(Oc2ccc(C(=O)O)c(F)c2)c1[N+](=O)[O-]. The quantitative estimate of drug-likeness (QED) is 0.684. The number of carboxylic acid groups (broad SMARTS) is 1. The van der Waals surface area contributed by atoms with E-state index in [1.165, 1.54) is 20.0 Å². The molecule has 0 aliphatic heterocycles. The third-order valence-electron chi connectivity index (χ3n) is 2.71. The summed E-state index contributed by atoms with van der Waals surface area (Å²) in [6.07, 6.45) is 0. The molecule has 0 unspecified atom stereocenters. The van der Waals surface area contributed by atoms with Gasteiger partial charge < -0.3 is 9.84 Å². The van der Waals surface area contributed by atoms with E-state index in [1.54, 1.807) is 0 Å². The van der Waals surface area contributed by atoms with Gasteiger partial charge >= 0.3 is 11.7 Å². The Morgan fingerprint density at radius 2 is 2.19 bits per heavy atom. The van der Waals surface area contributed by atoms with E-state index in [2.05, 4.69) is 5.10 Å². The predicted octanol–water partition coefficient (Wildman–Crippen LogP) is 2.27. The second-order valence-corrected chi connectivity index (χ2v) is 4.17. The molecule has 0 aliphatic rings. The van der Waals surface area contributed by atoms with E-state index in [9.17, 15) is 19.3 Å². The van der Waals surface area contributed by atoms with Crippen molar-refractivity contribution in [2.45, 2.75) is 6.92 Å². The summed E-state index contributed by atoms with van der Waals surface area (Å²) >= 11 is 0. The maximum Gasteiger partial charge on any atom is 0.353 e. The molecular weight excluding hydrogens is 285 g/mol. The third kappa shape index (κ3) is 2.66. The van der Waals surface area contributed by atoms with E-state index in [0.717, 1.165) is 16.8 Å². The lowest BCUT2D eigenvalue weighted by Crippen LogP contribution is -2.02. The summed E-state index contributed by atoms with van der Waals surface area (Å²) < 4.78 is 20.0. The van der Waals surface area contributed by atoms with Gasteiger partial charge in [-0.3, -0.25) is 10.1 Å². The lowest BCUT2D eigenvalue weighted by atomic mass is 10.2. The molecule has 1 aromatic heterocycles. The Bertz CT molecular complexity index is 741. The summed E-state index contributed by atoms with van der Waals surface area (Å²) in [5.41, 5.74) is -0.696. The van der Waals surface area contributed by atoms with Crippen LogP contribution in [0.5, 0.6) is 11.6 Å². The molecule has 1 heterocycles. The van der Waals surface area contributed by atoms with Gasteiger partial charge in [-0.05, 0) is 19.1 Å². The molecule has 2 aromatic rings. The van der Waals surface area contributed by atoms with Gasteiger partial charge in [0.05, 0.1) is 10.5 Å². The van der Waals surface area contributed by atoms with Crippen LogP contribution in [0.25, 0.3) is 0 Å². The van der Waals surface area contributed by atoms with Gasteiger partial charge in [-0.25, -0.2) is 13.9 Å². The maximum absolute atomic E-state index is 13.6. The predicted molar refractivity (Wildman–Crippen MR) is 68.0 cm³/mol. The lowest BCUT2D eigenvalue weighted by molar-refractivity contribution is -0.386. The van der Waals surface area contributed by atoms with Crippen LogP contribution in [0, 0.1) is 22.9 Å². The number of carbonyl (C=O) groups is 1. The van der Waals surface area contributed by atoms with E-state index in [4.69, 9.17) is 9.84 Å². The van der Waals surface area contributed by atoms with Crippen LogP contribution in [0.2, 0.25) is 0 Å². The van der Waals surface area contributed by atoms with E-state index in [1.807, 2.05) is 0 Å². The number of aryl methyl sites for hydroxylation is 2. The molecule has 0 aliphatic carbocycles. The monoisotopic (exact) mass is 295 g/mol. The highest BCUT2D eigenvalue weighted by atomic mass is 19.1. The molecule has 9 heteroatoms. The number of nitro groups is 1.